The second kappa shape index (κ2) is 6.34. The molecule has 2 N–H and O–H groups in total. The fourth-order valence-electron chi connectivity index (χ4n) is 1.29. The van der Waals surface area contributed by atoms with Gasteiger partial charge in [-0.1, -0.05) is 6.07 Å². The van der Waals surface area contributed by atoms with Crippen molar-refractivity contribution in [1.29, 1.82) is 0 Å². The molecular weight excluding hydrogens is 246 g/mol. The maximum absolute atomic E-state index is 11.5. The Morgan fingerprint density at radius 3 is 2.88 bits per heavy atom. The lowest BCUT2D eigenvalue weighted by atomic mass is 10.3. The number of hydrogen-bond donors (Lipinski definition) is 2. The summed E-state index contributed by atoms with van der Waals surface area (Å²) in [6.45, 7) is 1.46. The highest BCUT2D eigenvalue weighted by Gasteiger charge is 2.13. The Bertz CT molecular complexity index is 386. The number of thiophene rings is 1. The highest BCUT2D eigenvalue weighted by Crippen LogP contribution is 2.11. The van der Waals surface area contributed by atoms with Crippen molar-refractivity contribution in [3.05, 3.63) is 22.4 Å². The van der Waals surface area contributed by atoms with Crippen LogP contribution in [0, 0.1) is 0 Å². The van der Waals surface area contributed by atoms with Crippen LogP contribution in [0.1, 0.15) is 18.2 Å². The van der Waals surface area contributed by atoms with Crippen molar-refractivity contribution in [2.45, 2.75) is 25.8 Å². The number of sulfonamides is 1. The molecule has 0 aliphatic carbocycles. The van der Waals surface area contributed by atoms with E-state index in [-0.39, 0.29) is 12.4 Å². The summed E-state index contributed by atoms with van der Waals surface area (Å²) in [7, 11) is -3.25. The van der Waals surface area contributed by atoms with Crippen molar-refractivity contribution < 1.29 is 13.5 Å². The zero-order valence-electron chi connectivity index (χ0n) is 9.22. The lowest BCUT2D eigenvalue weighted by Gasteiger charge is -2.10. The molecule has 0 aliphatic heterocycles. The minimum absolute atomic E-state index is 0.106. The van der Waals surface area contributed by atoms with E-state index in [1.807, 2.05) is 17.5 Å². The quantitative estimate of drug-likeness (QED) is 0.770. The molecule has 0 spiro atoms. The number of nitrogens with one attached hydrogen (secondary N) is 1. The van der Waals surface area contributed by atoms with Crippen LogP contribution >= 0.6 is 11.3 Å². The molecule has 0 unspecified atom stereocenters. The average molecular weight is 263 g/mol. The van der Waals surface area contributed by atoms with Crippen molar-refractivity contribution in [1.82, 2.24) is 4.72 Å². The zero-order chi connectivity index (χ0) is 12.0. The Balaban J connectivity index is 2.31. The van der Waals surface area contributed by atoms with Gasteiger partial charge in [-0.2, -0.15) is 0 Å². The molecule has 1 heterocycles. The largest absolute Gasteiger partial charge is 0.395 e. The number of aliphatic hydroxyl groups excluding tert-OH is 1. The molecule has 0 aromatic carbocycles. The first kappa shape index (κ1) is 13.6. The minimum Gasteiger partial charge on any atom is -0.395 e. The van der Waals surface area contributed by atoms with E-state index in [4.69, 9.17) is 5.11 Å². The van der Waals surface area contributed by atoms with Crippen LogP contribution in [0.2, 0.25) is 0 Å². The molecule has 0 bridgehead atoms. The summed E-state index contributed by atoms with van der Waals surface area (Å²) in [5.41, 5.74) is 0. The normalized spacial score (nSPS) is 13.9. The van der Waals surface area contributed by atoms with Crippen molar-refractivity contribution in [3.63, 3.8) is 0 Å². The maximum atomic E-state index is 11.5. The van der Waals surface area contributed by atoms with Gasteiger partial charge in [-0.05, 0) is 31.2 Å². The third-order valence-electron chi connectivity index (χ3n) is 2.07. The molecule has 0 fully saturated rings. The number of aliphatic hydroxyl groups is 1. The Hall–Kier alpha value is -0.430. The van der Waals surface area contributed by atoms with Crippen LogP contribution in [-0.4, -0.2) is 31.9 Å². The molecule has 0 saturated heterocycles. The van der Waals surface area contributed by atoms with Gasteiger partial charge in [-0.15, -0.1) is 11.3 Å². The summed E-state index contributed by atoms with van der Waals surface area (Å²) in [5, 5.41) is 10.7. The molecule has 4 nitrogen and oxygen atoms in total. The van der Waals surface area contributed by atoms with Crippen molar-refractivity contribution in [2.75, 3.05) is 12.4 Å². The Morgan fingerprint density at radius 1 is 1.56 bits per heavy atom. The van der Waals surface area contributed by atoms with Crippen LogP contribution in [0.4, 0.5) is 0 Å². The number of rotatable bonds is 7. The van der Waals surface area contributed by atoms with Gasteiger partial charge in [-0.3, -0.25) is 0 Å². The molecule has 6 heteroatoms. The molecular formula is C10H17NO3S2. The third-order valence-corrected chi connectivity index (χ3v) is 4.59. The number of hydrogen-bond acceptors (Lipinski definition) is 4. The first-order valence-corrected chi connectivity index (χ1v) is 7.70. The van der Waals surface area contributed by atoms with Crippen LogP contribution in [-0.2, 0) is 16.4 Å². The van der Waals surface area contributed by atoms with Gasteiger partial charge >= 0.3 is 0 Å². The van der Waals surface area contributed by atoms with Crippen LogP contribution < -0.4 is 4.72 Å². The van der Waals surface area contributed by atoms with Gasteiger partial charge in [0.15, 0.2) is 0 Å². The summed E-state index contributed by atoms with van der Waals surface area (Å²) in [6.07, 6.45) is 1.39. The van der Waals surface area contributed by atoms with E-state index in [0.29, 0.717) is 6.42 Å². The van der Waals surface area contributed by atoms with Gasteiger partial charge in [0, 0.05) is 10.9 Å². The van der Waals surface area contributed by atoms with E-state index in [1.54, 1.807) is 18.3 Å². The second-order valence-electron chi connectivity index (χ2n) is 3.70. The van der Waals surface area contributed by atoms with E-state index in [9.17, 15) is 8.42 Å². The fraction of sp³-hybridized carbons (Fsp3) is 0.600. The molecule has 16 heavy (non-hydrogen) atoms. The molecule has 0 radical (unpaired) electrons. The summed E-state index contributed by atoms with van der Waals surface area (Å²) in [4.78, 5) is 1.20. The molecule has 0 amide bonds. The standard InChI is InChI=1S/C10H17NO3S2/c1-9(8-12)11-16(13,14)7-3-5-10-4-2-6-15-10/h2,4,6,9,11-12H,3,5,7-8H2,1H3/t9-/m1/s1. The lowest BCUT2D eigenvalue weighted by Crippen LogP contribution is -2.36. The Morgan fingerprint density at radius 2 is 2.31 bits per heavy atom. The first-order valence-electron chi connectivity index (χ1n) is 5.17. The van der Waals surface area contributed by atoms with Gasteiger partial charge in [0.1, 0.15) is 0 Å². The number of aryl methyl sites for hydroxylation is 1. The Kier molecular flexibility index (Phi) is 5.40. The molecule has 1 atom stereocenters. The van der Waals surface area contributed by atoms with Gasteiger partial charge in [0.2, 0.25) is 10.0 Å². The van der Waals surface area contributed by atoms with E-state index >= 15 is 0 Å². The average Bonchev–Trinajstić information content (AvgIpc) is 2.69. The first-order chi connectivity index (χ1) is 7.53. The zero-order valence-corrected chi connectivity index (χ0v) is 10.9. The molecule has 1 rings (SSSR count). The minimum atomic E-state index is -3.25. The predicted octanol–water partition coefficient (Wildman–Crippen LogP) is 0.981. The third kappa shape index (κ3) is 5.07. The summed E-state index contributed by atoms with van der Waals surface area (Å²) < 4.78 is 25.4. The Labute approximate surface area is 100 Å². The molecule has 0 saturated carbocycles. The molecule has 1 aromatic rings. The van der Waals surface area contributed by atoms with Crippen molar-refractivity contribution in [3.8, 4) is 0 Å². The van der Waals surface area contributed by atoms with E-state index in [0.717, 1.165) is 6.42 Å². The lowest BCUT2D eigenvalue weighted by molar-refractivity contribution is 0.265. The SMILES string of the molecule is C[C@H](CO)NS(=O)(=O)CCCc1cccs1. The molecule has 0 aliphatic rings. The van der Waals surface area contributed by atoms with Crippen LogP contribution in [0.5, 0.6) is 0 Å². The van der Waals surface area contributed by atoms with E-state index < -0.39 is 16.1 Å². The summed E-state index contributed by atoms with van der Waals surface area (Å²) in [5.74, 6) is 0.106. The molecule has 92 valence electrons. The summed E-state index contributed by atoms with van der Waals surface area (Å²) >= 11 is 1.64. The van der Waals surface area contributed by atoms with Gasteiger partial charge in [-0.25, -0.2) is 13.1 Å². The summed E-state index contributed by atoms with van der Waals surface area (Å²) in [6, 6.07) is 3.55. The van der Waals surface area contributed by atoms with Crippen molar-refractivity contribution in [2.24, 2.45) is 0 Å². The van der Waals surface area contributed by atoms with E-state index in [2.05, 4.69) is 4.72 Å². The van der Waals surface area contributed by atoms with Crippen LogP contribution in [0.3, 0.4) is 0 Å². The van der Waals surface area contributed by atoms with Crippen LogP contribution in [0.25, 0.3) is 0 Å². The van der Waals surface area contributed by atoms with Gasteiger partial charge in [0.25, 0.3) is 0 Å². The second-order valence-corrected chi connectivity index (χ2v) is 6.61. The predicted molar refractivity (Wildman–Crippen MR) is 66.1 cm³/mol. The highest BCUT2D eigenvalue weighted by atomic mass is 32.2. The smallest absolute Gasteiger partial charge is 0.211 e. The highest BCUT2D eigenvalue weighted by molar-refractivity contribution is 7.89. The topological polar surface area (TPSA) is 66.4 Å². The van der Waals surface area contributed by atoms with Crippen LogP contribution in [0.15, 0.2) is 17.5 Å². The fourth-order valence-corrected chi connectivity index (χ4v) is 3.38. The van der Waals surface area contributed by atoms with Gasteiger partial charge in [0.05, 0.1) is 12.4 Å². The maximum Gasteiger partial charge on any atom is 0.211 e. The monoisotopic (exact) mass is 263 g/mol. The van der Waals surface area contributed by atoms with E-state index in [1.165, 1.54) is 4.88 Å². The molecule has 1 aromatic heterocycles. The van der Waals surface area contributed by atoms with Gasteiger partial charge < -0.3 is 5.11 Å². The van der Waals surface area contributed by atoms with Crippen molar-refractivity contribution >= 4 is 21.4 Å².